The van der Waals surface area contributed by atoms with E-state index in [4.69, 9.17) is 0 Å². The van der Waals surface area contributed by atoms with Crippen LogP contribution in [0.15, 0.2) is 36.4 Å². The number of para-hydroxylation sites is 1. The summed E-state index contributed by atoms with van der Waals surface area (Å²) in [6.45, 7) is 8.81. The Balaban J connectivity index is 1.89. The van der Waals surface area contributed by atoms with Crippen molar-refractivity contribution in [2.75, 3.05) is 17.2 Å². The molecule has 0 bridgehead atoms. The molecule has 0 aliphatic carbocycles. The van der Waals surface area contributed by atoms with Crippen molar-refractivity contribution in [1.82, 2.24) is 0 Å². The van der Waals surface area contributed by atoms with E-state index in [1.165, 1.54) is 11.1 Å². The Morgan fingerprint density at radius 3 is 2.32 bits per heavy atom. The standard InChI is InChI=1S/C19H24N2O/c1-13-8-9-14(2)17(12-13)21-18(22)10-11-20-19-15(3)6-5-7-16(19)4/h5-9,12,20H,10-11H2,1-4H3,(H,21,22). The zero-order valence-electron chi connectivity index (χ0n) is 13.8. The number of hydrogen-bond donors (Lipinski definition) is 2. The fourth-order valence-corrected chi connectivity index (χ4v) is 2.48. The molecule has 3 heteroatoms. The largest absolute Gasteiger partial charge is 0.384 e. The molecule has 0 spiro atoms. The van der Waals surface area contributed by atoms with E-state index in [0.717, 1.165) is 22.5 Å². The highest BCUT2D eigenvalue weighted by atomic mass is 16.1. The van der Waals surface area contributed by atoms with Gasteiger partial charge in [0, 0.05) is 24.3 Å². The fourth-order valence-electron chi connectivity index (χ4n) is 2.48. The van der Waals surface area contributed by atoms with Crippen molar-refractivity contribution in [2.45, 2.75) is 34.1 Å². The molecule has 0 radical (unpaired) electrons. The van der Waals surface area contributed by atoms with Gasteiger partial charge >= 0.3 is 0 Å². The highest BCUT2D eigenvalue weighted by molar-refractivity contribution is 5.91. The molecule has 2 aromatic rings. The van der Waals surface area contributed by atoms with Gasteiger partial charge in [-0.2, -0.15) is 0 Å². The van der Waals surface area contributed by atoms with Crippen LogP contribution >= 0.6 is 0 Å². The molecule has 0 saturated carbocycles. The molecular formula is C19H24N2O. The summed E-state index contributed by atoms with van der Waals surface area (Å²) in [6.07, 6.45) is 0.446. The molecule has 0 aliphatic heterocycles. The first kappa shape index (κ1) is 16.1. The summed E-state index contributed by atoms with van der Waals surface area (Å²) < 4.78 is 0. The molecular weight excluding hydrogens is 272 g/mol. The van der Waals surface area contributed by atoms with Crippen LogP contribution in [0.2, 0.25) is 0 Å². The van der Waals surface area contributed by atoms with E-state index in [1.54, 1.807) is 0 Å². The summed E-state index contributed by atoms with van der Waals surface area (Å²) in [5.41, 5.74) is 6.67. The van der Waals surface area contributed by atoms with Crippen LogP contribution < -0.4 is 10.6 Å². The molecule has 0 heterocycles. The minimum Gasteiger partial charge on any atom is -0.384 e. The van der Waals surface area contributed by atoms with Crippen LogP contribution in [0.4, 0.5) is 11.4 Å². The summed E-state index contributed by atoms with van der Waals surface area (Å²) in [7, 11) is 0. The Morgan fingerprint density at radius 2 is 1.64 bits per heavy atom. The average molecular weight is 296 g/mol. The number of aryl methyl sites for hydroxylation is 4. The smallest absolute Gasteiger partial charge is 0.226 e. The van der Waals surface area contributed by atoms with Gasteiger partial charge in [0.25, 0.3) is 0 Å². The number of carbonyl (C=O) groups is 1. The van der Waals surface area contributed by atoms with Crippen LogP contribution in [0.1, 0.15) is 28.7 Å². The third-order valence-electron chi connectivity index (χ3n) is 3.80. The van der Waals surface area contributed by atoms with Crippen LogP contribution in [0.25, 0.3) is 0 Å². The first-order valence-corrected chi connectivity index (χ1v) is 7.64. The van der Waals surface area contributed by atoms with E-state index in [0.29, 0.717) is 13.0 Å². The highest BCUT2D eigenvalue weighted by Gasteiger charge is 2.06. The predicted octanol–water partition coefficient (Wildman–Crippen LogP) is 4.36. The number of hydrogen-bond acceptors (Lipinski definition) is 2. The molecule has 3 nitrogen and oxygen atoms in total. The third kappa shape index (κ3) is 4.10. The number of rotatable bonds is 5. The van der Waals surface area contributed by atoms with E-state index in [-0.39, 0.29) is 5.91 Å². The molecule has 2 rings (SSSR count). The lowest BCUT2D eigenvalue weighted by Crippen LogP contribution is -2.17. The van der Waals surface area contributed by atoms with Gasteiger partial charge in [-0.25, -0.2) is 0 Å². The maximum Gasteiger partial charge on any atom is 0.226 e. The fraction of sp³-hybridized carbons (Fsp3) is 0.316. The van der Waals surface area contributed by atoms with E-state index >= 15 is 0 Å². The van der Waals surface area contributed by atoms with Gasteiger partial charge in [-0.15, -0.1) is 0 Å². The molecule has 0 saturated heterocycles. The van der Waals surface area contributed by atoms with Crippen molar-refractivity contribution < 1.29 is 4.79 Å². The normalized spacial score (nSPS) is 10.4. The molecule has 2 aromatic carbocycles. The summed E-state index contributed by atoms with van der Waals surface area (Å²) >= 11 is 0. The van der Waals surface area contributed by atoms with Crippen LogP contribution in [-0.2, 0) is 4.79 Å². The second-order valence-corrected chi connectivity index (χ2v) is 5.81. The SMILES string of the molecule is Cc1ccc(C)c(NC(=O)CCNc2c(C)cccc2C)c1. The zero-order chi connectivity index (χ0) is 16.1. The second-order valence-electron chi connectivity index (χ2n) is 5.81. The van der Waals surface area contributed by atoms with E-state index in [2.05, 4.69) is 36.6 Å². The summed E-state index contributed by atoms with van der Waals surface area (Å²) in [6, 6.07) is 12.3. The summed E-state index contributed by atoms with van der Waals surface area (Å²) in [5.74, 6) is 0.0347. The third-order valence-corrected chi connectivity index (χ3v) is 3.80. The van der Waals surface area contributed by atoms with Crippen molar-refractivity contribution in [3.05, 3.63) is 58.7 Å². The summed E-state index contributed by atoms with van der Waals surface area (Å²) in [5, 5.41) is 6.35. The molecule has 0 aliphatic rings. The van der Waals surface area contributed by atoms with Gasteiger partial charge in [0.05, 0.1) is 0 Å². The van der Waals surface area contributed by atoms with Gasteiger partial charge in [-0.1, -0.05) is 30.3 Å². The Kier molecular flexibility index (Phi) is 5.21. The van der Waals surface area contributed by atoms with Gasteiger partial charge in [0.15, 0.2) is 0 Å². The lowest BCUT2D eigenvalue weighted by atomic mass is 10.1. The topological polar surface area (TPSA) is 41.1 Å². The van der Waals surface area contributed by atoms with Crippen LogP contribution in [-0.4, -0.2) is 12.5 Å². The molecule has 0 atom stereocenters. The molecule has 116 valence electrons. The first-order valence-electron chi connectivity index (χ1n) is 7.64. The van der Waals surface area contributed by atoms with Crippen molar-refractivity contribution in [1.29, 1.82) is 0 Å². The number of nitrogens with one attached hydrogen (secondary N) is 2. The van der Waals surface area contributed by atoms with Crippen molar-refractivity contribution in [3.8, 4) is 0 Å². The average Bonchev–Trinajstić information content (AvgIpc) is 2.46. The molecule has 22 heavy (non-hydrogen) atoms. The van der Waals surface area contributed by atoms with Crippen LogP contribution in [0, 0.1) is 27.7 Å². The van der Waals surface area contributed by atoms with Crippen molar-refractivity contribution in [3.63, 3.8) is 0 Å². The van der Waals surface area contributed by atoms with Gasteiger partial charge in [0.2, 0.25) is 5.91 Å². The zero-order valence-corrected chi connectivity index (χ0v) is 13.8. The van der Waals surface area contributed by atoms with Crippen LogP contribution in [0.5, 0.6) is 0 Å². The predicted molar refractivity (Wildman–Crippen MR) is 93.6 cm³/mol. The van der Waals surface area contributed by atoms with E-state index in [9.17, 15) is 4.79 Å². The second kappa shape index (κ2) is 7.12. The Bertz CT molecular complexity index is 657. The molecule has 1 amide bonds. The minimum absolute atomic E-state index is 0.0347. The Labute approximate surface area is 132 Å². The molecule has 2 N–H and O–H groups in total. The van der Waals surface area contributed by atoms with E-state index in [1.807, 2.05) is 38.1 Å². The highest BCUT2D eigenvalue weighted by Crippen LogP contribution is 2.19. The van der Waals surface area contributed by atoms with Crippen molar-refractivity contribution >= 4 is 17.3 Å². The molecule has 0 unspecified atom stereocenters. The van der Waals surface area contributed by atoms with Crippen molar-refractivity contribution in [2.24, 2.45) is 0 Å². The number of anilines is 2. The molecule has 0 fully saturated rings. The molecule has 0 aromatic heterocycles. The maximum atomic E-state index is 12.1. The van der Waals surface area contributed by atoms with Gasteiger partial charge in [0.1, 0.15) is 0 Å². The first-order chi connectivity index (χ1) is 10.5. The lowest BCUT2D eigenvalue weighted by Gasteiger charge is -2.13. The Hall–Kier alpha value is -2.29. The minimum atomic E-state index is 0.0347. The summed E-state index contributed by atoms with van der Waals surface area (Å²) in [4.78, 5) is 12.1. The quantitative estimate of drug-likeness (QED) is 0.860. The number of carbonyl (C=O) groups excluding carboxylic acids is 1. The number of benzene rings is 2. The lowest BCUT2D eigenvalue weighted by molar-refractivity contribution is -0.115. The maximum absolute atomic E-state index is 12.1. The van der Waals surface area contributed by atoms with Gasteiger partial charge in [-0.3, -0.25) is 4.79 Å². The van der Waals surface area contributed by atoms with Crippen LogP contribution in [0.3, 0.4) is 0 Å². The van der Waals surface area contributed by atoms with Gasteiger partial charge < -0.3 is 10.6 Å². The Morgan fingerprint density at radius 1 is 0.955 bits per heavy atom. The number of amides is 1. The van der Waals surface area contributed by atoms with Gasteiger partial charge in [-0.05, 0) is 56.0 Å². The monoisotopic (exact) mass is 296 g/mol. The van der Waals surface area contributed by atoms with E-state index < -0.39 is 0 Å².